The molecule has 23 heavy (non-hydrogen) atoms. The van der Waals surface area contributed by atoms with Gasteiger partial charge in [0.15, 0.2) is 0 Å². The molecular formula is C17H12ClFN2O2. The molecule has 0 spiro atoms. The molecule has 2 aromatic carbocycles. The molecule has 0 unspecified atom stereocenters. The number of benzene rings is 2. The van der Waals surface area contributed by atoms with E-state index >= 15 is 0 Å². The van der Waals surface area contributed by atoms with Crippen LogP contribution in [0.1, 0.15) is 16.1 Å². The zero-order chi connectivity index (χ0) is 16.4. The first-order valence-electron chi connectivity index (χ1n) is 6.84. The largest absolute Gasteiger partial charge is 0.477 e. The lowest BCUT2D eigenvalue weighted by Gasteiger charge is -2.05. The predicted octanol–water partition coefficient (Wildman–Crippen LogP) is 4.09. The fourth-order valence-corrected chi connectivity index (χ4v) is 2.36. The fourth-order valence-electron chi connectivity index (χ4n) is 2.23. The van der Waals surface area contributed by atoms with Gasteiger partial charge in [0.2, 0.25) is 0 Å². The molecule has 3 aromatic rings. The van der Waals surface area contributed by atoms with Gasteiger partial charge in [0.25, 0.3) is 0 Å². The number of carboxylic acids is 1. The van der Waals surface area contributed by atoms with E-state index in [0.717, 1.165) is 5.56 Å². The van der Waals surface area contributed by atoms with Crippen molar-refractivity contribution < 1.29 is 14.3 Å². The van der Waals surface area contributed by atoms with Gasteiger partial charge < -0.3 is 5.11 Å². The van der Waals surface area contributed by atoms with E-state index in [1.807, 2.05) is 12.1 Å². The second-order valence-corrected chi connectivity index (χ2v) is 5.45. The molecule has 1 N–H and O–H groups in total. The van der Waals surface area contributed by atoms with E-state index in [4.69, 9.17) is 11.6 Å². The number of rotatable bonds is 4. The van der Waals surface area contributed by atoms with Gasteiger partial charge in [-0.3, -0.25) is 4.68 Å². The Morgan fingerprint density at radius 1 is 1.13 bits per heavy atom. The number of aromatic carboxylic acids is 1. The molecule has 1 heterocycles. The maximum absolute atomic E-state index is 13.0. The summed E-state index contributed by atoms with van der Waals surface area (Å²) >= 11 is 5.85. The highest BCUT2D eigenvalue weighted by molar-refractivity contribution is 6.30. The zero-order valence-electron chi connectivity index (χ0n) is 11.9. The molecule has 116 valence electrons. The van der Waals surface area contributed by atoms with E-state index in [2.05, 4.69) is 5.10 Å². The number of carbonyl (C=O) groups is 1. The molecule has 3 rings (SSSR count). The summed E-state index contributed by atoms with van der Waals surface area (Å²) in [6, 6.07) is 14.3. The van der Waals surface area contributed by atoms with Crippen LogP contribution in [-0.2, 0) is 6.54 Å². The van der Waals surface area contributed by atoms with Crippen LogP contribution < -0.4 is 0 Å². The Balaban J connectivity index is 1.97. The Hall–Kier alpha value is -2.66. The van der Waals surface area contributed by atoms with Crippen molar-refractivity contribution in [3.8, 4) is 11.3 Å². The minimum absolute atomic E-state index is 0.0688. The molecular weight excluding hydrogens is 319 g/mol. The molecule has 1 aromatic heterocycles. The van der Waals surface area contributed by atoms with Gasteiger partial charge in [0.1, 0.15) is 11.5 Å². The topological polar surface area (TPSA) is 55.1 Å². The van der Waals surface area contributed by atoms with Crippen LogP contribution in [0.15, 0.2) is 54.6 Å². The molecule has 4 nitrogen and oxygen atoms in total. The van der Waals surface area contributed by atoms with E-state index in [9.17, 15) is 14.3 Å². The van der Waals surface area contributed by atoms with Crippen molar-refractivity contribution >= 4 is 17.6 Å². The number of halogens is 2. The van der Waals surface area contributed by atoms with Crippen LogP contribution in [-0.4, -0.2) is 20.9 Å². The van der Waals surface area contributed by atoms with Crippen LogP contribution in [0.25, 0.3) is 11.3 Å². The fraction of sp³-hybridized carbons (Fsp3) is 0.0588. The summed E-state index contributed by atoms with van der Waals surface area (Å²) in [7, 11) is 0. The van der Waals surface area contributed by atoms with Crippen molar-refractivity contribution in [2.45, 2.75) is 6.54 Å². The molecule has 0 radical (unpaired) electrons. The Morgan fingerprint density at radius 2 is 1.78 bits per heavy atom. The highest BCUT2D eigenvalue weighted by Crippen LogP contribution is 2.21. The van der Waals surface area contributed by atoms with Crippen LogP contribution in [0.4, 0.5) is 4.39 Å². The Kier molecular flexibility index (Phi) is 4.12. The first-order valence-corrected chi connectivity index (χ1v) is 7.22. The minimum Gasteiger partial charge on any atom is -0.477 e. The normalized spacial score (nSPS) is 10.7. The van der Waals surface area contributed by atoms with Crippen molar-refractivity contribution in [2.75, 3.05) is 0 Å². The van der Waals surface area contributed by atoms with Gasteiger partial charge in [0.05, 0.1) is 12.2 Å². The van der Waals surface area contributed by atoms with Crippen molar-refractivity contribution in [1.29, 1.82) is 0 Å². The Bertz CT molecular complexity index is 842. The SMILES string of the molecule is O=C(O)c1cc(-c2ccc(F)cc2)nn1Cc1ccc(Cl)cc1. The van der Waals surface area contributed by atoms with E-state index in [-0.39, 0.29) is 11.5 Å². The van der Waals surface area contributed by atoms with E-state index < -0.39 is 5.97 Å². The second-order valence-electron chi connectivity index (χ2n) is 5.01. The number of carboxylic acid groups (broad SMARTS) is 1. The van der Waals surface area contributed by atoms with Crippen molar-refractivity contribution in [3.05, 3.63) is 76.7 Å². The lowest BCUT2D eigenvalue weighted by atomic mass is 10.1. The molecule has 0 atom stereocenters. The van der Waals surface area contributed by atoms with Gasteiger partial charge in [-0.25, -0.2) is 9.18 Å². The predicted molar refractivity (Wildman–Crippen MR) is 85.1 cm³/mol. The van der Waals surface area contributed by atoms with Gasteiger partial charge in [-0.1, -0.05) is 23.7 Å². The first-order chi connectivity index (χ1) is 11.0. The van der Waals surface area contributed by atoms with Gasteiger partial charge in [-0.05, 0) is 48.0 Å². The molecule has 0 saturated heterocycles. The molecule has 0 aliphatic heterocycles. The molecule has 0 aliphatic rings. The van der Waals surface area contributed by atoms with Crippen molar-refractivity contribution in [3.63, 3.8) is 0 Å². The summed E-state index contributed by atoms with van der Waals surface area (Å²) in [5, 5.41) is 14.3. The third kappa shape index (κ3) is 3.40. The molecule has 0 bridgehead atoms. The summed E-state index contributed by atoms with van der Waals surface area (Å²) in [5.74, 6) is -1.42. The lowest BCUT2D eigenvalue weighted by Crippen LogP contribution is -2.10. The summed E-state index contributed by atoms with van der Waals surface area (Å²) in [6.07, 6.45) is 0. The van der Waals surface area contributed by atoms with Gasteiger partial charge in [0, 0.05) is 10.6 Å². The molecule has 0 amide bonds. The van der Waals surface area contributed by atoms with Crippen LogP contribution in [0.5, 0.6) is 0 Å². The molecule has 0 saturated carbocycles. The molecule has 6 heteroatoms. The average Bonchev–Trinajstić information content (AvgIpc) is 2.94. The van der Waals surface area contributed by atoms with E-state index in [1.54, 1.807) is 24.3 Å². The van der Waals surface area contributed by atoms with Crippen LogP contribution in [0.3, 0.4) is 0 Å². The molecule has 0 aliphatic carbocycles. The smallest absolute Gasteiger partial charge is 0.354 e. The van der Waals surface area contributed by atoms with Gasteiger partial charge in [-0.15, -0.1) is 0 Å². The van der Waals surface area contributed by atoms with E-state index in [1.165, 1.54) is 22.9 Å². The van der Waals surface area contributed by atoms with Crippen molar-refractivity contribution in [2.24, 2.45) is 0 Å². The summed E-state index contributed by atoms with van der Waals surface area (Å²) in [4.78, 5) is 11.4. The van der Waals surface area contributed by atoms with E-state index in [0.29, 0.717) is 22.8 Å². The number of hydrogen-bond donors (Lipinski definition) is 1. The van der Waals surface area contributed by atoms with Crippen LogP contribution in [0, 0.1) is 5.82 Å². The third-order valence-corrected chi connectivity index (χ3v) is 3.64. The summed E-state index contributed by atoms with van der Waals surface area (Å²) in [6.45, 7) is 0.306. The molecule has 0 fully saturated rings. The monoisotopic (exact) mass is 330 g/mol. The third-order valence-electron chi connectivity index (χ3n) is 3.38. The highest BCUT2D eigenvalue weighted by Gasteiger charge is 2.15. The van der Waals surface area contributed by atoms with Crippen LogP contribution >= 0.6 is 11.6 Å². The quantitative estimate of drug-likeness (QED) is 0.784. The standard InChI is InChI=1S/C17H12ClFN2O2/c18-13-5-1-11(2-6-13)10-21-16(17(22)23)9-15(20-21)12-3-7-14(19)8-4-12/h1-9H,10H2,(H,22,23). The van der Waals surface area contributed by atoms with Gasteiger partial charge >= 0.3 is 5.97 Å². The number of aromatic nitrogens is 2. The van der Waals surface area contributed by atoms with Crippen LogP contribution in [0.2, 0.25) is 5.02 Å². The van der Waals surface area contributed by atoms with Gasteiger partial charge in [-0.2, -0.15) is 5.10 Å². The summed E-state index contributed by atoms with van der Waals surface area (Å²) < 4.78 is 14.4. The van der Waals surface area contributed by atoms with Crippen molar-refractivity contribution in [1.82, 2.24) is 9.78 Å². The number of hydrogen-bond acceptors (Lipinski definition) is 2. The summed E-state index contributed by atoms with van der Waals surface area (Å²) in [5.41, 5.74) is 2.09. The number of nitrogens with zero attached hydrogens (tertiary/aromatic N) is 2. The Labute approximate surface area is 136 Å². The maximum Gasteiger partial charge on any atom is 0.354 e. The highest BCUT2D eigenvalue weighted by atomic mass is 35.5. The second kappa shape index (κ2) is 6.22. The maximum atomic E-state index is 13.0. The lowest BCUT2D eigenvalue weighted by molar-refractivity contribution is 0.0684. The first kappa shape index (κ1) is 15.2. The minimum atomic E-state index is -1.07. The average molecular weight is 331 g/mol. The Morgan fingerprint density at radius 3 is 2.39 bits per heavy atom. The zero-order valence-corrected chi connectivity index (χ0v) is 12.7.